The predicted octanol–water partition coefficient (Wildman–Crippen LogP) is 4.43. The highest BCUT2D eigenvalue weighted by molar-refractivity contribution is 6.17. The Morgan fingerprint density at radius 1 is 0.964 bits per heavy atom. The molecule has 2 atom stereocenters. The Kier molecular flexibility index (Phi) is 12.5. The fourth-order valence-electron chi connectivity index (χ4n) is 7.38. The first-order chi connectivity index (χ1) is 26.7. The number of likely N-dealkylation sites (tertiary alicyclic amines) is 1. The monoisotopic (exact) mass is 764 g/mol. The Bertz CT molecular complexity index is 1990. The van der Waals surface area contributed by atoms with Gasteiger partial charge in [0.05, 0.1) is 11.7 Å². The summed E-state index contributed by atoms with van der Waals surface area (Å²) in [6, 6.07) is 17.3. The number of nitrogens with one attached hydrogen (secondary N) is 3. The second-order valence-corrected chi connectivity index (χ2v) is 16.0. The van der Waals surface area contributed by atoms with Gasteiger partial charge >= 0.3 is 6.09 Å². The van der Waals surface area contributed by atoms with Crippen LogP contribution in [0.3, 0.4) is 0 Å². The zero-order chi connectivity index (χ0) is 40.0. The molecule has 0 bridgehead atoms. The number of imide groups is 1. The standard InChI is InChI=1S/C41H52N10O5/c1-25-33(18-19-35(44-25)37(52)45-31-20-21-50(5)24-31)28-10-6-26(7-11-28)22-34(42)39(54)51(32-16-14-29(15-17-32)36-46-48-49-47-36)38(53)30-12-8-27(9-13-30)23-43-40(55)56-41(2,3)4/h6-7,10-11,14-19,27,30-31,34H,8-9,12-13,20-24,42H2,1-5H3,(H,43,55)(H,45,52)(H,46,47,48,49)/t27?,30?,31-,34+/m1/s1. The number of ether oxygens (including phenoxy) is 1. The molecule has 1 saturated carbocycles. The number of rotatable bonds is 11. The van der Waals surface area contributed by atoms with Gasteiger partial charge in [-0.05, 0) is 132 Å². The Labute approximate surface area is 327 Å². The lowest BCUT2D eigenvalue weighted by Crippen LogP contribution is -2.50. The number of tetrazole rings is 1. The van der Waals surface area contributed by atoms with E-state index in [1.54, 1.807) is 30.3 Å². The lowest BCUT2D eigenvalue weighted by Gasteiger charge is -2.32. The molecule has 1 aliphatic carbocycles. The number of aryl methyl sites for hydroxylation is 1. The molecule has 15 nitrogen and oxygen atoms in total. The zero-order valence-electron chi connectivity index (χ0n) is 32.7. The van der Waals surface area contributed by atoms with Crippen LogP contribution >= 0.6 is 0 Å². The van der Waals surface area contributed by atoms with Gasteiger partial charge in [-0.2, -0.15) is 5.21 Å². The van der Waals surface area contributed by atoms with Crippen LogP contribution < -0.4 is 21.3 Å². The van der Waals surface area contributed by atoms with E-state index >= 15 is 0 Å². The molecule has 2 aromatic heterocycles. The van der Waals surface area contributed by atoms with Crippen molar-refractivity contribution >= 4 is 29.5 Å². The Balaban J connectivity index is 1.12. The van der Waals surface area contributed by atoms with E-state index in [2.05, 4.69) is 41.1 Å². The van der Waals surface area contributed by atoms with E-state index in [1.807, 2.05) is 65.1 Å². The number of aromatic nitrogens is 5. The molecule has 4 amide bonds. The minimum absolute atomic E-state index is 0.120. The number of pyridine rings is 1. The highest BCUT2D eigenvalue weighted by Crippen LogP contribution is 2.32. The predicted molar refractivity (Wildman–Crippen MR) is 211 cm³/mol. The van der Waals surface area contributed by atoms with E-state index in [4.69, 9.17) is 10.5 Å². The maximum atomic E-state index is 14.2. The van der Waals surface area contributed by atoms with Gasteiger partial charge in [0.15, 0.2) is 0 Å². The second kappa shape index (κ2) is 17.5. The molecule has 4 aromatic rings. The van der Waals surface area contributed by atoms with Crippen LogP contribution in [0.15, 0.2) is 60.7 Å². The van der Waals surface area contributed by atoms with Crippen LogP contribution in [0.25, 0.3) is 22.5 Å². The highest BCUT2D eigenvalue weighted by Gasteiger charge is 2.35. The number of carbonyl (C=O) groups is 4. The van der Waals surface area contributed by atoms with Crippen molar-refractivity contribution in [3.8, 4) is 22.5 Å². The number of anilines is 1. The minimum Gasteiger partial charge on any atom is -0.444 e. The van der Waals surface area contributed by atoms with Gasteiger partial charge < -0.3 is 26.0 Å². The molecule has 3 heterocycles. The summed E-state index contributed by atoms with van der Waals surface area (Å²) in [6.07, 6.45) is 3.23. The van der Waals surface area contributed by atoms with Crippen LogP contribution in [0.4, 0.5) is 10.5 Å². The van der Waals surface area contributed by atoms with Gasteiger partial charge in [0.2, 0.25) is 11.7 Å². The van der Waals surface area contributed by atoms with Gasteiger partial charge in [-0.25, -0.2) is 14.7 Å². The molecule has 6 rings (SSSR count). The summed E-state index contributed by atoms with van der Waals surface area (Å²) in [5.41, 5.74) is 10.8. The molecule has 0 radical (unpaired) electrons. The third-order valence-electron chi connectivity index (χ3n) is 10.4. The van der Waals surface area contributed by atoms with Gasteiger partial charge in [-0.3, -0.25) is 14.4 Å². The molecule has 15 heteroatoms. The maximum Gasteiger partial charge on any atom is 0.407 e. The van der Waals surface area contributed by atoms with Crippen molar-refractivity contribution in [3.05, 3.63) is 77.6 Å². The van der Waals surface area contributed by atoms with Crippen molar-refractivity contribution in [3.63, 3.8) is 0 Å². The van der Waals surface area contributed by atoms with Crippen LogP contribution in [-0.2, 0) is 20.7 Å². The summed E-state index contributed by atoms with van der Waals surface area (Å²) < 4.78 is 5.36. The number of benzene rings is 2. The fraction of sp³-hybridized carbons (Fsp3) is 0.463. The Hall–Kier alpha value is -5.54. The molecular weight excluding hydrogens is 713 g/mol. The molecule has 56 heavy (non-hydrogen) atoms. The molecule has 1 saturated heterocycles. The number of amides is 4. The summed E-state index contributed by atoms with van der Waals surface area (Å²) in [5, 5.41) is 20.0. The van der Waals surface area contributed by atoms with E-state index in [-0.39, 0.29) is 36.1 Å². The first-order valence-corrected chi connectivity index (χ1v) is 19.2. The van der Waals surface area contributed by atoms with Gasteiger partial charge in [0.1, 0.15) is 11.3 Å². The van der Waals surface area contributed by atoms with E-state index in [0.717, 1.165) is 41.9 Å². The summed E-state index contributed by atoms with van der Waals surface area (Å²) in [7, 11) is 2.04. The van der Waals surface area contributed by atoms with E-state index in [0.29, 0.717) is 55.0 Å². The maximum absolute atomic E-state index is 14.2. The molecule has 5 N–H and O–H groups in total. The third kappa shape index (κ3) is 10.2. The third-order valence-corrected chi connectivity index (χ3v) is 10.4. The highest BCUT2D eigenvalue weighted by atomic mass is 16.6. The number of hydrogen-bond acceptors (Lipinski definition) is 11. The Morgan fingerprint density at radius 2 is 1.66 bits per heavy atom. The van der Waals surface area contributed by atoms with Crippen molar-refractivity contribution in [2.75, 3.05) is 31.6 Å². The zero-order valence-corrected chi connectivity index (χ0v) is 32.7. The number of carbonyl (C=O) groups excluding carboxylic acids is 4. The number of hydrogen-bond donors (Lipinski definition) is 4. The number of nitrogens with two attached hydrogens (primary N) is 1. The van der Waals surface area contributed by atoms with Crippen molar-refractivity contribution in [1.82, 2.24) is 41.1 Å². The molecule has 2 aromatic carbocycles. The lowest BCUT2D eigenvalue weighted by molar-refractivity contribution is -0.130. The van der Waals surface area contributed by atoms with Crippen LogP contribution in [0.5, 0.6) is 0 Å². The van der Waals surface area contributed by atoms with Crippen LogP contribution in [0.2, 0.25) is 0 Å². The number of likely N-dealkylation sites (N-methyl/N-ethyl adjacent to an activating group) is 1. The van der Waals surface area contributed by atoms with E-state index in [1.165, 1.54) is 4.90 Å². The largest absolute Gasteiger partial charge is 0.444 e. The molecule has 2 fully saturated rings. The minimum atomic E-state index is -1.00. The average molecular weight is 765 g/mol. The first-order valence-electron chi connectivity index (χ1n) is 19.2. The molecule has 1 aliphatic heterocycles. The summed E-state index contributed by atoms with van der Waals surface area (Å²) in [5.74, 6) is -0.792. The summed E-state index contributed by atoms with van der Waals surface area (Å²) in [4.78, 5) is 61.5. The van der Waals surface area contributed by atoms with Crippen LogP contribution in [-0.4, -0.2) is 98.7 Å². The van der Waals surface area contributed by atoms with Gasteiger partial charge in [-0.1, -0.05) is 30.3 Å². The normalized spacial score (nSPS) is 19.2. The SMILES string of the molecule is Cc1nc(C(=O)N[C@@H]2CCN(C)C2)ccc1-c1ccc(C[C@H](N)C(=O)N(C(=O)C2CCC(CNC(=O)OC(C)(C)C)CC2)c2ccc(-c3nn[nH]n3)cc2)cc1. The van der Waals surface area contributed by atoms with Crippen molar-refractivity contribution < 1.29 is 23.9 Å². The van der Waals surface area contributed by atoms with Gasteiger partial charge in [0.25, 0.3) is 11.8 Å². The second-order valence-electron chi connectivity index (χ2n) is 16.0. The first kappa shape index (κ1) is 40.1. The van der Waals surface area contributed by atoms with Crippen LogP contribution in [0.1, 0.15) is 74.6 Å². The number of alkyl carbamates (subject to hydrolysis) is 1. The molecule has 0 spiro atoms. The lowest BCUT2D eigenvalue weighted by atomic mass is 9.81. The fourth-order valence-corrected chi connectivity index (χ4v) is 7.38. The molecule has 0 unspecified atom stereocenters. The van der Waals surface area contributed by atoms with E-state index < -0.39 is 23.6 Å². The quantitative estimate of drug-likeness (QED) is 0.168. The number of H-pyrrole nitrogens is 1. The van der Waals surface area contributed by atoms with Gasteiger partial charge in [0, 0.05) is 41.9 Å². The topological polar surface area (TPSA) is 201 Å². The average Bonchev–Trinajstić information content (AvgIpc) is 3.86. The van der Waals surface area contributed by atoms with E-state index in [9.17, 15) is 19.2 Å². The molecule has 2 aliphatic rings. The molecular formula is C41H52N10O5. The van der Waals surface area contributed by atoms with Crippen molar-refractivity contribution in [2.24, 2.45) is 17.6 Å². The number of aromatic amines is 1. The van der Waals surface area contributed by atoms with Crippen molar-refractivity contribution in [1.29, 1.82) is 0 Å². The van der Waals surface area contributed by atoms with Gasteiger partial charge in [-0.15, -0.1) is 10.2 Å². The Morgan fingerprint density at radius 3 is 2.27 bits per heavy atom. The molecule has 296 valence electrons. The number of nitrogens with zero attached hydrogens (tertiary/aromatic N) is 6. The summed E-state index contributed by atoms with van der Waals surface area (Å²) >= 11 is 0. The smallest absolute Gasteiger partial charge is 0.407 e. The van der Waals surface area contributed by atoms with Crippen LogP contribution in [0, 0.1) is 18.8 Å². The summed E-state index contributed by atoms with van der Waals surface area (Å²) in [6.45, 7) is 9.57. The van der Waals surface area contributed by atoms with Crippen molar-refractivity contribution in [2.45, 2.75) is 83.9 Å².